The number of carbonyl (C=O) groups excluding carboxylic acids is 4. The van der Waals surface area contributed by atoms with Gasteiger partial charge in [0.15, 0.2) is 0 Å². The van der Waals surface area contributed by atoms with E-state index in [1.807, 2.05) is 0 Å². The van der Waals surface area contributed by atoms with E-state index >= 15 is 0 Å². The second-order valence-corrected chi connectivity index (χ2v) is 6.31. The Morgan fingerprint density at radius 1 is 1.08 bits per heavy atom. The van der Waals surface area contributed by atoms with Crippen molar-refractivity contribution in [1.29, 1.82) is 0 Å². The highest BCUT2D eigenvalue weighted by Gasteiger charge is 2.23. The number of ether oxygens (including phenoxy) is 2. The summed E-state index contributed by atoms with van der Waals surface area (Å²) in [6, 6.07) is 4.19. The van der Waals surface area contributed by atoms with Crippen LogP contribution in [0.15, 0.2) is 18.2 Å². The first-order valence-electron chi connectivity index (χ1n) is 8.09. The normalized spacial score (nSPS) is 13.5. The van der Waals surface area contributed by atoms with E-state index < -0.39 is 17.8 Å². The Hall–Kier alpha value is -2.55. The van der Waals surface area contributed by atoms with Gasteiger partial charge in [0.1, 0.15) is 6.54 Å². The molecule has 2 rings (SSSR count). The molecule has 1 aromatic rings. The summed E-state index contributed by atoms with van der Waals surface area (Å²) in [6.07, 6.45) is 0. The van der Waals surface area contributed by atoms with Crippen LogP contribution < -0.4 is 5.32 Å². The summed E-state index contributed by atoms with van der Waals surface area (Å²) in [5.74, 6) is -0.920. The summed E-state index contributed by atoms with van der Waals surface area (Å²) >= 11 is 1.44. The quantitative estimate of drug-likeness (QED) is 0.715. The van der Waals surface area contributed by atoms with Crippen LogP contribution in [-0.4, -0.2) is 60.0 Å². The molecule has 9 heteroatoms. The Morgan fingerprint density at radius 3 is 2.12 bits per heavy atom. The molecule has 1 aliphatic heterocycles. The maximum atomic E-state index is 12.2. The lowest BCUT2D eigenvalue weighted by Gasteiger charge is -2.15. The van der Waals surface area contributed by atoms with E-state index in [0.29, 0.717) is 11.6 Å². The fourth-order valence-electron chi connectivity index (χ4n) is 2.28. The highest BCUT2D eigenvalue weighted by Crippen LogP contribution is 2.18. The molecule has 0 spiro atoms. The highest BCUT2D eigenvalue weighted by atomic mass is 32.2. The molecule has 0 unspecified atom stereocenters. The van der Waals surface area contributed by atoms with E-state index in [2.05, 4.69) is 5.32 Å². The van der Waals surface area contributed by atoms with Crippen LogP contribution in [0.1, 0.15) is 34.6 Å². The largest absolute Gasteiger partial charge is 0.462 e. The van der Waals surface area contributed by atoms with Gasteiger partial charge in [-0.3, -0.25) is 9.59 Å². The summed E-state index contributed by atoms with van der Waals surface area (Å²) in [4.78, 5) is 49.2. The molecule has 0 saturated carbocycles. The van der Waals surface area contributed by atoms with Crippen LogP contribution >= 0.6 is 11.8 Å². The molecular weight excluding hydrogens is 360 g/mol. The van der Waals surface area contributed by atoms with E-state index in [-0.39, 0.29) is 42.5 Å². The number of nitrogens with zero attached hydrogens (tertiary/aromatic N) is 1. The van der Waals surface area contributed by atoms with E-state index in [1.165, 1.54) is 34.9 Å². The van der Waals surface area contributed by atoms with Gasteiger partial charge in [0.05, 0.1) is 36.0 Å². The highest BCUT2D eigenvalue weighted by molar-refractivity contribution is 8.00. The number of esters is 2. The van der Waals surface area contributed by atoms with Gasteiger partial charge >= 0.3 is 11.9 Å². The lowest BCUT2D eigenvalue weighted by molar-refractivity contribution is -0.130. The number of anilines is 1. The predicted molar refractivity (Wildman–Crippen MR) is 96.0 cm³/mol. The van der Waals surface area contributed by atoms with Crippen molar-refractivity contribution in [2.24, 2.45) is 0 Å². The average molecular weight is 380 g/mol. The third kappa shape index (κ3) is 5.22. The maximum absolute atomic E-state index is 12.2. The first kappa shape index (κ1) is 19.8. The first-order valence-corrected chi connectivity index (χ1v) is 9.24. The Morgan fingerprint density at radius 2 is 1.65 bits per heavy atom. The number of rotatable bonds is 7. The van der Waals surface area contributed by atoms with Gasteiger partial charge in [0.2, 0.25) is 11.8 Å². The van der Waals surface area contributed by atoms with Crippen LogP contribution in [0.25, 0.3) is 0 Å². The second kappa shape index (κ2) is 9.23. The topological polar surface area (TPSA) is 102 Å². The number of carbonyl (C=O) groups is 4. The van der Waals surface area contributed by atoms with E-state index in [9.17, 15) is 19.2 Å². The smallest absolute Gasteiger partial charge is 0.338 e. The molecule has 26 heavy (non-hydrogen) atoms. The van der Waals surface area contributed by atoms with E-state index in [1.54, 1.807) is 13.8 Å². The monoisotopic (exact) mass is 380 g/mol. The molecule has 1 heterocycles. The molecular formula is C17H20N2O6S. The Bertz CT molecular complexity index is 685. The van der Waals surface area contributed by atoms with Crippen molar-refractivity contribution in [3.05, 3.63) is 29.3 Å². The number of thioether (sulfide) groups is 1. The molecule has 0 atom stereocenters. The molecule has 1 N–H and O–H groups in total. The van der Waals surface area contributed by atoms with Crippen molar-refractivity contribution >= 4 is 41.2 Å². The molecule has 1 fully saturated rings. The molecule has 0 aromatic heterocycles. The zero-order valence-electron chi connectivity index (χ0n) is 14.6. The Balaban J connectivity index is 2.19. The fraction of sp³-hybridized carbons (Fsp3) is 0.412. The van der Waals surface area contributed by atoms with Crippen molar-refractivity contribution in [2.45, 2.75) is 13.8 Å². The summed E-state index contributed by atoms with van der Waals surface area (Å²) in [5, 5.41) is 2.61. The summed E-state index contributed by atoms with van der Waals surface area (Å²) in [5.41, 5.74) is 0.504. The predicted octanol–water partition coefficient (Wildman–Crippen LogP) is 1.51. The maximum Gasteiger partial charge on any atom is 0.338 e. The summed E-state index contributed by atoms with van der Waals surface area (Å²) in [7, 11) is 0. The van der Waals surface area contributed by atoms with Gasteiger partial charge in [-0.2, -0.15) is 0 Å². The molecule has 0 bridgehead atoms. The van der Waals surface area contributed by atoms with Gasteiger partial charge in [-0.25, -0.2) is 9.59 Å². The van der Waals surface area contributed by atoms with E-state index in [0.717, 1.165) is 0 Å². The van der Waals surface area contributed by atoms with Gasteiger partial charge in [-0.1, -0.05) is 0 Å². The molecule has 8 nitrogen and oxygen atoms in total. The zero-order valence-corrected chi connectivity index (χ0v) is 15.4. The van der Waals surface area contributed by atoms with Crippen LogP contribution in [0.3, 0.4) is 0 Å². The van der Waals surface area contributed by atoms with Crippen LogP contribution in [0.4, 0.5) is 5.69 Å². The van der Waals surface area contributed by atoms with Crippen LogP contribution in [-0.2, 0) is 19.1 Å². The van der Waals surface area contributed by atoms with Crippen molar-refractivity contribution in [3.63, 3.8) is 0 Å². The Labute approximate surface area is 155 Å². The standard InChI is InChI=1S/C17H20N2O6S/c1-3-24-16(22)11-5-12(17(23)25-4-2)7-13(6-11)18-14(20)8-19-10-26-9-15(19)21/h5-7H,3-4,8-10H2,1-2H3,(H,18,20). The minimum Gasteiger partial charge on any atom is -0.462 e. The number of nitrogens with one attached hydrogen (secondary N) is 1. The Kier molecular flexibility index (Phi) is 7.02. The van der Waals surface area contributed by atoms with Crippen molar-refractivity contribution in [2.75, 3.05) is 36.7 Å². The minimum atomic E-state index is -0.611. The third-order valence-corrected chi connectivity index (χ3v) is 4.34. The average Bonchev–Trinajstić information content (AvgIpc) is 2.99. The molecule has 1 aliphatic rings. The number of hydrogen-bond donors (Lipinski definition) is 1. The van der Waals surface area contributed by atoms with Crippen molar-refractivity contribution in [1.82, 2.24) is 4.90 Å². The van der Waals surface area contributed by atoms with Gasteiger partial charge in [0, 0.05) is 5.69 Å². The lowest BCUT2D eigenvalue weighted by atomic mass is 10.1. The van der Waals surface area contributed by atoms with E-state index in [4.69, 9.17) is 9.47 Å². The number of amides is 2. The van der Waals surface area contributed by atoms with Crippen LogP contribution in [0, 0.1) is 0 Å². The van der Waals surface area contributed by atoms with Gasteiger partial charge in [-0.05, 0) is 32.0 Å². The van der Waals surface area contributed by atoms with Crippen LogP contribution in [0.2, 0.25) is 0 Å². The fourth-order valence-corrected chi connectivity index (χ4v) is 3.18. The second-order valence-electron chi connectivity index (χ2n) is 5.36. The van der Waals surface area contributed by atoms with Crippen LogP contribution in [0.5, 0.6) is 0 Å². The summed E-state index contributed by atoms with van der Waals surface area (Å²) in [6.45, 7) is 3.60. The summed E-state index contributed by atoms with van der Waals surface area (Å²) < 4.78 is 9.89. The number of benzene rings is 1. The molecule has 0 radical (unpaired) electrons. The zero-order chi connectivity index (χ0) is 19.1. The molecule has 1 aromatic carbocycles. The molecule has 2 amide bonds. The van der Waals surface area contributed by atoms with Gasteiger partial charge in [-0.15, -0.1) is 11.8 Å². The number of hydrogen-bond acceptors (Lipinski definition) is 7. The van der Waals surface area contributed by atoms with Crippen molar-refractivity contribution in [3.8, 4) is 0 Å². The minimum absolute atomic E-state index is 0.0930. The lowest BCUT2D eigenvalue weighted by Crippen LogP contribution is -2.34. The molecule has 140 valence electrons. The van der Waals surface area contributed by atoms with Gasteiger partial charge < -0.3 is 19.7 Å². The van der Waals surface area contributed by atoms with Gasteiger partial charge in [0.25, 0.3) is 0 Å². The van der Waals surface area contributed by atoms with Crippen molar-refractivity contribution < 1.29 is 28.7 Å². The molecule has 0 aliphatic carbocycles. The third-order valence-electron chi connectivity index (χ3n) is 3.40. The molecule has 1 saturated heterocycles. The SMILES string of the molecule is CCOC(=O)c1cc(NC(=O)CN2CSCC2=O)cc(C(=O)OCC)c1. The first-order chi connectivity index (χ1) is 12.4.